The predicted molar refractivity (Wildman–Crippen MR) is 123 cm³/mol. The van der Waals surface area contributed by atoms with Crippen LogP contribution in [0.25, 0.3) is 0 Å². The van der Waals surface area contributed by atoms with Crippen LogP contribution in [-0.2, 0) is 16.2 Å². The Hall–Kier alpha value is -3.06. The first-order valence-corrected chi connectivity index (χ1v) is 10.1. The zero-order valence-electron chi connectivity index (χ0n) is 15.9. The maximum atomic E-state index is 11.9. The highest BCUT2D eigenvalue weighted by Crippen LogP contribution is 2.22. The van der Waals surface area contributed by atoms with Gasteiger partial charge >= 0.3 is 11.8 Å². The molecule has 6 nitrogen and oxygen atoms in total. The second kappa shape index (κ2) is 10.8. The number of anilines is 1. The van der Waals surface area contributed by atoms with E-state index in [1.807, 2.05) is 0 Å². The molecule has 0 radical (unpaired) electrons. The SMILES string of the molecule is O=C(N/N=C\c1ccc(OCc2ccc(Cl)cc2Cl)cc1)C(=O)Nc1cccc(Cl)c1. The fourth-order valence-electron chi connectivity index (χ4n) is 2.42. The van der Waals surface area contributed by atoms with Gasteiger partial charge in [-0.15, -0.1) is 0 Å². The van der Waals surface area contributed by atoms with Crippen LogP contribution in [0.2, 0.25) is 15.1 Å². The first-order chi connectivity index (χ1) is 14.9. The van der Waals surface area contributed by atoms with E-state index in [4.69, 9.17) is 39.5 Å². The van der Waals surface area contributed by atoms with Crippen LogP contribution in [0.1, 0.15) is 11.1 Å². The van der Waals surface area contributed by atoms with E-state index < -0.39 is 11.8 Å². The number of amides is 2. The number of hydrazone groups is 1. The molecule has 0 aromatic heterocycles. The Kier molecular flexibility index (Phi) is 7.89. The van der Waals surface area contributed by atoms with Crippen LogP contribution in [-0.4, -0.2) is 18.0 Å². The van der Waals surface area contributed by atoms with Gasteiger partial charge in [0.05, 0.1) is 6.21 Å². The molecule has 0 bridgehead atoms. The van der Waals surface area contributed by atoms with Crippen LogP contribution in [0.5, 0.6) is 5.75 Å². The van der Waals surface area contributed by atoms with Crippen molar-refractivity contribution in [1.29, 1.82) is 0 Å². The van der Waals surface area contributed by atoms with E-state index in [1.54, 1.807) is 60.7 Å². The van der Waals surface area contributed by atoms with Crippen LogP contribution in [0.15, 0.2) is 71.8 Å². The van der Waals surface area contributed by atoms with Crippen molar-refractivity contribution in [2.45, 2.75) is 6.61 Å². The van der Waals surface area contributed by atoms with Crippen LogP contribution in [0.3, 0.4) is 0 Å². The summed E-state index contributed by atoms with van der Waals surface area (Å²) in [6.45, 7) is 0.293. The molecule has 0 fully saturated rings. The van der Waals surface area contributed by atoms with E-state index in [9.17, 15) is 9.59 Å². The van der Waals surface area contributed by atoms with Crippen LogP contribution in [0, 0.1) is 0 Å². The lowest BCUT2D eigenvalue weighted by molar-refractivity contribution is -0.136. The summed E-state index contributed by atoms with van der Waals surface area (Å²) < 4.78 is 5.70. The quantitative estimate of drug-likeness (QED) is 0.287. The minimum Gasteiger partial charge on any atom is -0.489 e. The average molecular weight is 477 g/mol. The molecule has 2 N–H and O–H groups in total. The van der Waals surface area contributed by atoms with E-state index in [0.29, 0.717) is 38.7 Å². The molecule has 3 aromatic rings. The number of rotatable bonds is 6. The monoisotopic (exact) mass is 475 g/mol. The van der Waals surface area contributed by atoms with Gasteiger partial charge < -0.3 is 10.1 Å². The predicted octanol–water partition coefficient (Wildman–Crippen LogP) is 5.31. The number of nitrogens with zero attached hydrogens (tertiary/aromatic N) is 1. The fourth-order valence-corrected chi connectivity index (χ4v) is 3.07. The van der Waals surface area contributed by atoms with Crippen LogP contribution in [0.4, 0.5) is 5.69 Å². The summed E-state index contributed by atoms with van der Waals surface area (Å²) in [6.07, 6.45) is 1.41. The van der Waals surface area contributed by atoms with E-state index in [-0.39, 0.29) is 0 Å². The van der Waals surface area contributed by atoms with Gasteiger partial charge in [-0.25, -0.2) is 5.43 Å². The Morgan fingerprint density at radius 3 is 2.35 bits per heavy atom. The van der Waals surface area contributed by atoms with Crippen molar-refractivity contribution in [3.8, 4) is 5.75 Å². The highest BCUT2D eigenvalue weighted by Gasteiger charge is 2.12. The third-order valence-corrected chi connectivity index (χ3v) is 4.78. The van der Waals surface area contributed by atoms with Crippen molar-refractivity contribution in [1.82, 2.24) is 5.43 Å². The van der Waals surface area contributed by atoms with Gasteiger partial charge in [-0.1, -0.05) is 46.9 Å². The van der Waals surface area contributed by atoms with Crippen molar-refractivity contribution < 1.29 is 14.3 Å². The summed E-state index contributed by atoms with van der Waals surface area (Å²) in [5.41, 5.74) is 4.09. The molecule has 0 aliphatic carbocycles. The standard InChI is InChI=1S/C22H16Cl3N3O3/c23-16-2-1-3-18(10-16)27-21(29)22(30)28-26-12-14-4-8-19(9-5-14)31-13-15-6-7-17(24)11-20(15)25/h1-12H,13H2,(H,27,29)(H,28,30)/b26-12-. The zero-order chi connectivity index (χ0) is 22.2. The molecule has 3 aromatic carbocycles. The number of carbonyl (C=O) groups is 2. The largest absolute Gasteiger partial charge is 0.489 e. The normalized spacial score (nSPS) is 10.7. The maximum absolute atomic E-state index is 11.9. The minimum atomic E-state index is -0.906. The number of halogens is 3. The second-order valence-electron chi connectivity index (χ2n) is 6.26. The maximum Gasteiger partial charge on any atom is 0.329 e. The van der Waals surface area contributed by atoms with Gasteiger partial charge in [0.2, 0.25) is 0 Å². The lowest BCUT2D eigenvalue weighted by Gasteiger charge is -2.08. The molecular weight excluding hydrogens is 461 g/mol. The topological polar surface area (TPSA) is 79.8 Å². The number of hydrogen-bond donors (Lipinski definition) is 2. The van der Waals surface area contributed by atoms with Crippen LogP contribution >= 0.6 is 34.8 Å². The molecule has 9 heteroatoms. The highest BCUT2D eigenvalue weighted by atomic mass is 35.5. The number of benzene rings is 3. The summed E-state index contributed by atoms with van der Waals surface area (Å²) in [4.78, 5) is 23.7. The molecule has 0 aliphatic rings. The Balaban J connectivity index is 1.48. The second-order valence-corrected chi connectivity index (χ2v) is 7.54. The van der Waals surface area contributed by atoms with E-state index in [0.717, 1.165) is 5.56 Å². The van der Waals surface area contributed by atoms with Gasteiger partial charge in [-0.05, 0) is 60.2 Å². The fraction of sp³-hybridized carbons (Fsp3) is 0.0455. The molecule has 0 atom stereocenters. The molecule has 0 aliphatic heterocycles. The summed E-state index contributed by atoms with van der Waals surface area (Å²) in [5.74, 6) is -1.13. The molecule has 3 rings (SSSR count). The smallest absolute Gasteiger partial charge is 0.329 e. The summed E-state index contributed by atoms with van der Waals surface area (Å²) in [5, 5.41) is 7.75. The molecule has 0 heterocycles. The third kappa shape index (κ3) is 7.00. The lowest BCUT2D eigenvalue weighted by atomic mass is 10.2. The van der Waals surface area contributed by atoms with Crippen molar-refractivity contribution in [2.24, 2.45) is 5.10 Å². The zero-order valence-corrected chi connectivity index (χ0v) is 18.2. The van der Waals surface area contributed by atoms with E-state index in [2.05, 4.69) is 15.8 Å². The average Bonchev–Trinajstić information content (AvgIpc) is 2.74. The summed E-state index contributed by atoms with van der Waals surface area (Å²) in [7, 11) is 0. The van der Waals surface area contributed by atoms with Gasteiger partial charge in [-0.3, -0.25) is 9.59 Å². The first-order valence-electron chi connectivity index (χ1n) is 8.97. The third-order valence-electron chi connectivity index (χ3n) is 3.96. The Morgan fingerprint density at radius 2 is 1.65 bits per heavy atom. The number of ether oxygens (including phenoxy) is 1. The molecule has 31 heavy (non-hydrogen) atoms. The van der Waals surface area contributed by atoms with Gasteiger partial charge in [0.25, 0.3) is 0 Å². The van der Waals surface area contributed by atoms with Gasteiger partial charge in [0.15, 0.2) is 0 Å². The van der Waals surface area contributed by atoms with Crippen molar-refractivity contribution in [2.75, 3.05) is 5.32 Å². The number of nitrogens with one attached hydrogen (secondary N) is 2. The van der Waals surface area contributed by atoms with Gasteiger partial charge in [-0.2, -0.15) is 5.10 Å². The van der Waals surface area contributed by atoms with Crippen molar-refractivity contribution in [3.63, 3.8) is 0 Å². The lowest BCUT2D eigenvalue weighted by Crippen LogP contribution is -2.32. The molecule has 0 unspecified atom stereocenters. The molecule has 0 spiro atoms. The Morgan fingerprint density at radius 1 is 0.903 bits per heavy atom. The molecular formula is C22H16Cl3N3O3. The van der Waals surface area contributed by atoms with E-state index in [1.165, 1.54) is 12.3 Å². The van der Waals surface area contributed by atoms with E-state index >= 15 is 0 Å². The van der Waals surface area contributed by atoms with Crippen LogP contribution < -0.4 is 15.5 Å². The molecule has 0 saturated carbocycles. The van der Waals surface area contributed by atoms with Crippen molar-refractivity contribution >= 4 is 58.5 Å². The Labute approximate surface area is 193 Å². The molecule has 0 saturated heterocycles. The number of hydrogen-bond acceptors (Lipinski definition) is 4. The molecule has 158 valence electrons. The van der Waals surface area contributed by atoms with Gasteiger partial charge in [0, 0.05) is 26.3 Å². The highest BCUT2D eigenvalue weighted by molar-refractivity contribution is 6.39. The summed E-state index contributed by atoms with van der Waals surface area (Å²) in [6, 6.07) is 18.7. The molecule has 2 amide bonds. The number of carbonyl (C=O) groups excluding carboxylic acids is 2. The minimum absolute atomic E-state index is 0.293. The summed E-state index contributed by atoms with van der Waals surface area (Å²) >= 11 is 17.8. The van der Waals surface area contributed by atoms with Gasteiger partial charge in [0.1, 0.15) is 12.4 Å². The first kappa shape index (κ1) is 22.6. The Bertz CT molecular complexity index is 1120. The van der Waals surface area contributed by atoms with Crippen molar-refractivity contribution in [3.05, 3.63) is 92.9 Å².